The Morgan fingerprint density at radius 3 is 2.36 bits per heavy atom. The molecule has 0 aliphatic rings. The van der Waals surface area contributed by atoms with E-state index in [1.54, 1.807) is 0 Å². The Hall–Kier alpha value is 0.130. The molecule has 0 aliphatic heterocycles. The van der Waals surface area contributed by atoms with Crippen LogP contribution in [0.4, 0.5) is 0 Å². The van der Waals surface area contributed by atoms with Crippen LogP contribution in [0.2, 0.25) is 0 Å². The quantitative estimate of drug-likeness (QED) is 0.351. The fraction of sp³-hybridized carbons (Fsp3) is 0. The van der Waals surface area contributed by atoms with Crippen molar-refractivity contribution in [1.29, 1.82) is 0 Å². The molecule has 0 unspecified atom stereocenters. The van der Waals surface area contributed by atoms with Gasteiger partial charge in [-0.2, -0.15) is 0 Å². The molecule has 0 aliphatic carbocycles. The van der Waals surface area contributed by atoms with Gasteiger partial charge >= 0.3 is 29.6 Å². The molecular formula is C6H4NaO3S. The Morgan fingerprint density at radius 1 is 1.45 bits per heavy atom. The molecule has 1 aromatic carbocycles. The van der Waals surface area contributed by atoms with E-state index in [4.69, 9.17) is 0 Å². The van der Waals surface area contributed by atoms with Crippen LogP contribution < -0.4 is 29.6 Å². The summed E-state index contributed by atoms with van der Waals surface area (Å²) in [5.41, 5.74) is 0. The predicted molar refractivity (Wildman–Crippen MR) is 33.2 cm³/mol. The van der Waals surface area contributed by atoms with Crippen molar-refractivity contribution in [1.82, 2.24) is 0 Å². The topological polar surface area (TPSA) is 57.2 Å². The summed E-state index contributed by atoms with van der Waals surface area (Å²) in [5.74, 6) is 0. The average molecular weight is 179 g/mol. The van der Waals surface area contributed by atoms with Gasteiger partial charge in [0.2, 0.25) is 0 Å². The Morgan fingerprint density at radius 2 is 2.09 bits per heavy atom. The van der Waals surface area contributed by atoms with Crippen molar-refractivity contribution < 1.29 is 42.5 Å². The minimum Gasteiger partial charge on any atom is -0.744 e. The van der Waals surface area contributed by atoms with Crippen LogP contribution in [0.1, 0.15) is 0 Å². The fourth-order valence-electron chi connectivity index (χ4n) is 0.532. The minimum atomic E-state index is -4.28. The molecule has 0 fully saturated rings. The predicted octanol–water partition coefficient (Wildman–Crippen LogP) is -2.61. The third kappa shape index (κ3) is 3.35. The number of hydrogen-bond acceptors (Lipinski definition) is 3. The van der Waals surface area contributed by atoms with E-state index in [-0.39, 0.29) is 34.5 Å². The monoisotopic (exact) mass is 179 g/mol. The fourth-order valence-corrected chi connectivity index (χ4v) is 0.990. The Labute approximate surface area is 87.5 Å². The molecular weight excluding hydrogens is 175 g/mol. The molecule has 0 heterocycles. The first-order valence-electron chi connectivity index (χ1n) is 2.53. The van der Waals surface area contributed by atoms with E-state index in [0.717, 1.165) is 6.07 Å². The van der Waals surface area contributed by atoms with Crippen molar-refractivity contribution in [2.75, 3.05) is 0 Å². The molecule has 0 aromatic heterocycles. The van der Waals surface area contributed by atoms with Gasteiger partial charge in [0, 0.05) is 0 Å². The standard InChI is InChI=1S/C6H5O3S.Na/c7-10(8,9)6-4-2-1-3-5-6;/h1-2,4-5H,(H,7,8,9);/q;+1/p-1. The molecule has 1 radical (unpaired) electrons. The summed E-state index contributed by atoms with van der Waals surface area (Å²) in [6.07, 6.45) is 0. The third-order valence-corrected chi connectivity index (χ3v) is 1.80. The summed E-state index contributed by atoms with van der Waals surface area (Å²) < 4.78 is 30.8. The van der Waals surface area contributed by atoms with Crippen LogP contribution in [0.3, 0.4) is 0 Å². The molecule has 1 rings (SSSR count). The molecule has 0 saturated carbocycles. The third-order valence-electron chi connectivity index (χ3n) is 0.967. The van der Waals surface area contributed by atoms with Crippen LogP contribution in [-0.4, -0.2) is 13.0 Å². The summed E-state index contributed by atoms with van der Waals surface area (Å²) in [6.45, 7) is 0. The van der Waals surface area contributed by atoms with Crippen LogP contribution in [0.5, 0.6) is 0 Å². The van der Waals surface area contributed by atoms with Gasteiger partial charge in [0.15, 0.2) is 0 Å². The van der Waals surface area contributed by atoms with E-state index in [1.807, 2.05) is 0 Å². The molecule has 0 saturated heterocycles. The van der Waals surface area contributed by atoms with Gasteiger partial charge in [-0.1, -0.05) is 12.1 Å². The molecule has 0 bridgehead atoms. The first-order chi connectivity index (χ1) is 4.61. The van der Waals surface area contributed by atoms with Crippen molar-refractivity contribution in [2.24, 2.45) is 0 Å². The van der Waals surface area contributed by atoms with Crippen molar-refractivity contribution in [3.8, 4) is 0 Å². The zero-order chi connectivity index (χ0) is 7.61. The molecule has 1 aromatic rings. The van der Waals surface area contributed by atoms with E-state index < -0.39 is 10.1 Å². The summed E-state index contributed by atoms with van der Waals surface area (Å²) in [7, 11) is -4.28. The van der Waals surface area contributed by atoms with Gasteiger partial charge in [-0.15, -0.1) is 0 Å². The van der Waals surface area contributed by atoms with Crippen LogP contribution >= 0.6 is 0 Å². The molecule has 0 spiro atoms. The van der Waals surface area contributed by atoms with Crippen LogP contribution in [0.15, 0.2) is 29.2 Å². The second-order valence-corrected chi connectivity index (χ2v) is 3.07. The summed E-state index contributed by atoms with van der Waals surface area (Å²) in [5, 5.41) is 0. The SMILES string of the molecule is O=S(=O)([O-])c1c[c]ccc1.[Na+]. The number of rotatable bonds is 1. The second kappa shape index (κ2) is 4.23. The largest absolute Gasteiger partial charge is 1.00 e. The summed E-state index contributed by atoms with van der Waals surface area (Å²) in [6, 6.07) is 7.84. The summed E-state index contributed by atoms with van der Waals surface area (Å²) >= 11 is 0. The first-order valence-corrected chi connectivity index (χ1v) is 3.93. The Balaban J connectivity index is 0.000001000. The normalized spacial score (nSPS) is 10.3. The van der Waals surface area contributed by atoms with Gasteiger partial charge in [-0.05, 0) is 18.2 Å². The van der Waals surface area contributed by atoms with Crippen LogP contribution in [-0.2, 0) is 10.1 Å². The van der Waals surface area contributed by atoms with E-state index in [9.17, 15) is 13.0 Å². The van der Waals surface area contributed by atoms with E-state index in [1.165, 1.54) is 18.2 Å². The van der Waals surface area contributed by atoms with Crippen LogP contribution in [0, 0.1) is 6.07 Å². The van der Waals surface area contributed by atoms with Gasteiger partial charge in [-0.3, -0.25) is 0 Å². The Bertz CT molecular complexity index is 306. The summed E-state index contributed by atoms with van der Waals surface area (Å²) in [4.78, 5) is -0.241. The molecule has 53 valence electrons. The maximum atomic E-state index is 10.3. The van der Waals surface area contributed by atoms with Crippen LogP contribution in [0.25, 0.3) is 0 Å². The molecule has 5 heteroatoms. The zero-order valence-electron chi connectivity index (χ0n) is 5.94. The molecule has 11 heavy (non-hydrogen) atoms. The molecule has 0 N–H and O–H groups in total. The van der Waals surface area contributed by atoms with E-state index in [0.29, 0.717) is 0 Å². The molecule has 0 atom stereocenters. The maximum absolute atomic E-state index is 10.3. The molecule has 3 nitrogen and oxygen atoms in total. The van der Waals surface area contributed by atoms with Gasteiger partial charge < -0.3 is 4.55 Å². The maximum Gasteiger partial charge on any atom is 1.00 e. The smallest absolute Gasteiger partial charge is 0.744 e. The Kier molecular flexibility index (Phi) is 4.28. The van der Waals surface area contributed by atoms with E-state index in [2.05, 4.69) is 6.07 Å². The van der Waals surface area contributed by atoms with Gasteiger partial charge in [0.1, 0.15) is 10.1 Å². The second-order valence-electron chi connectivity index (χ2n) is 1.69. The first kappa shape index (κ1) is 11.1. The average Bonchev–Trinajstić information content (AvgIpc) is 1.88. The zero-order valence-corrected chi connectivity index (χ0v) is 8.76. The van der Waals surface area contributed by atoms with Gasteiger partial charge in [0.05, 0.1) is 4.90 Å². The van der Waals surface area contributed by atoms with Crippen molar-refractivity contribution in [3.63, 3.8) is 0 Å². The van der Waals surface area contributed by atoms with Crippen molar-refractivity contribution in [2.45, 2.75) is 4.90 Å². The number of benzene rings is 1. The van der Waals surface area contributed by atoms with Gasteiger partial charge in [-0.25, -0.2) is 8.42 Å². The number of hydrogen-bond donors (Lipinski definition) is 0. The van der Waals surface area contributed by atoms with Crippen molar-refractivity contribution in [3.05, 3.63) is 30.3 Å². The van der Waals surface area contributed by atoms with Crippen molar-refractivity contribution >= 4 is 10.1 Å². The van der Waals surface area contributed by atoms with Gasteiger partial charge in [0.25, 0.3) is 0 Å². The van der Waals surface area contributed by atoms with E-state index >= 15 is 0 Å². The minimum absolute atomic E-state index is 0. The molecule has 0 amide bonds.